The van der Waals surface area contributed by atoms with Crippen LogP contribution < -0.4 is 0 Å². The standard InChI is InChI=1S/C56H36N6/c1-4-19-37(20-5-1)55-57-56(38-21-6-2-7-22-38)62(58-55)51-34-18-33-49-52(51)42-26-11-14-29-45(42)60(49)47-31-16-17-32-48(47)61-46-30-15-12-27-43(46)53-50(61)36-35-41-40-25-10-13-28-44(40)59(54(41)53)39-23-8-3-9-24-39/h1-36H. The molecule has 0 N–H and O–H groups in total. The molecule has 0 aliphatic rings. The molecule has 0 aliphatic carbocycles. The van der Waals surface area contributed by atoms with E-state index in [0.717, 1.165) is 72.5 Å². The second kappa shape index (κ2) is 13.5. The predicted octanol–water partition coefficient (Wildman–Crippen LogP) is 13.9. The molecule has 0 saturated carbocycles. The van der Waals surface area contributed by atoms with Crippen molar-refractivity contribution in [1.82, 2.24) is 28.5 Å². The lowest BCUT2D eigenvalue weighted by Crippen LogP contribution is -2.04. The lowest BCUT2D eigenvalue weighted by molar-refractivity contribution is 0.898. The molecule has 0 bridgehead atoms. The Morgan fingerprint density at radius 3 is 1.45 bits per heavy atom. The molecule has 0 aliphatic heterocycles. The zero-order valence-corrected chi connectivity index (χ0v) is 33.5. The molecule has 0 amide bonds. The van der Waals surface area contributed by atoms with Gasteiger partial charge in [-0.05, 0) is 60.7 Å². The Morgan fingerprint density at radius 1 is 0.306 bits per heavy atom. The highest BCUT2D eigenvalue weighted by Crippen LogP contribution is 2.44. The number of para-hydroxylation sites is 6. The van der Waals surface area contributed by atoms with Crippen molar-refractivity contribution in [1.29, 1.82) is 0 Å². The molecule has 0 radical (unpaired) electrons. The van der Waals surface area contributed by atoms with E-state index in [1.54, 1.807) is 0 Å². The van der Waals surface area contributed by atoms with Gasteiger partial charge in [0.1, 0.15) is 0 Å². The monoisotopic (exact) mass is 792 g/mol. The highest BCUT2D eigenvalue weighted by atomic mass is 15.4. The topological polar surface area (TPSA) is 45.5 Å². The van der Waals surface area contributed by atoms with Crippen molar-refractivity contribution in [3.63, 3.8) is 0 Å². The van der Waals surface area contributed by atoms with E-state index in [2.05, 4.69) is 208 Å². The third-order valence-electron chi connectivity index (χ3n) is 12.4. The van der Waals surface area contributed by atoms with E-state index in [4.69, 9.17) is 10.1 Å². The summed E-state index contributed by atoms with van der Waals surface area (Å²) in [5.74, 6) is 1.47. The summed E-state index contributed by atoms with van der Waals surface area (Å²) in [5.41, 5.74) is 13.1. The summed E-state index contributed by atoms with van der Waals surface area (Å²) in [5, 5.41) is 12.4. The van der Waals surface area contributed by atoms with Gasteiger partial charge in [-0.1, -0.05) is 158 Å². The van der Waals surface area contributed by atoms with Crippen molar-refractivity contribution in [2.45, 2.75) is 0 Å². The summed E-state index contributed by atoms with van der Waals surface area (Å²) in [6, 6.07) is 77.7. The second-order valence-electron chi connectivity index (χ2n) is 15.8. The highest BCUT2D eigenvalue weighted by molar-refractivity contribution is 6.26. The summed E-state index contributed by atoms with van der Waals surface area (Å²) in [7, 11) is 0. The van der Waals surface area contributed by atoms with Crippen LogP contribution in [0.3, 0.4) is 0 Å². The van der Waals surface area contributed by atoms with E-state index in [0.29, 0.717) is 5.82 Å². The Bertz CT molecular complexity index is 3850. The predicted molar refractivity (Wildman–Crippen MR) is 255 cm³/mol. The Hall–Kier alpha value is -8.48. The van der Waals surface area contributed by atoms with E-state index in [1.165, 1.54) is 32.6 Å². The number of benzene rings is 9. The van der Waals surface area contributed by atoms with Crippen LogP contribution in [0.4, 0.5) is 0 Å². The fourth-order valence-electron chi connectivity index (χ4n) is 9.86. The zero-order chi connectivity index (χ0) is 40.7. The quantitative estimate of drug-likeness (QED) is 0.168. The first-order chi connectivity index (χ1) is 30.8. The fourth-order valence-corrected chi connectivity index (χ4v) is 9.86. The van der Waals surface area contributed by atoms with Gasteiger partial charge in [0.15, 0.2) is 11.6 Å². The zero-order valence-electron chi connectivity index (χ0n) is 33.5. The largest absolute Gasteiger partial charge is 0.309 e. The van der Waals surface area contributed by atoms with E-state index in [1.807, 2.05) is 28.9 Å². The number of hydrogen-bond acceptors (Lipinski definition) is 2. The molecule has 0 saturated heterocycles. The summed E-state index contributed by atoms with van der Waals surface area (Å²) in [6.07, 6.45) is 0. The molecule has 0 spiro atoms. The fraction of sp³-hybridized carbons (Fsp3) is 0. The Balaban J connectivity index is 1.10. The molecule has 290 valence electrons. The normalized spacial score (nSPS) is 11.9. The molecule has 13 rings (SSSR count). The van der Waals surface area contributed by atoms with Gasteiger partial charge >= 0.3 is 0 Å². The van der Waals surface area contributed by atoms with Crippen LogP contribution in [0.25, 0.3) is 111 Å². The Morgan fingerprint density at radius 2 is 0.790 bits per heavy atom. The first-order valence-corrected chi connectivity index (χ1v) is 21.0. The minimum Gasteiger partial charge on any atom is -0.309 e. The summed E-state index contributed by atoms with van der Waals surface area (Å²) in [4.78, 5) is 5.19. The van der Waals surface area contributed by atoms with Gasteiger partial charge in [0.2, 0.25) is 0 Å². The number of nitrogens with zero attached hydrogens (tertiary/aromatic N) is 6. The van der Waals surface area contributed by atoms with Crippen molar-refractivity contribution in [3.05, 3.63) is 218 Å². The van der Waals surface area contributed by atoms with Gasteiger partial charge in [0.05, 0.1) is 50.2 Å². The highest BCUT2D eigenvalue weighted by Gasteiger charge is 2.25. The van der Waals surface area contributed by atoms with E-state index in [9.17, 15) is 0 Å². The van der Waals surface area contributed by atoms with Crippen molar-refractivity contribution in [3.8, 4) is 45.5 Å². The van der Waals surface area contributed by atoms with Gasteiger partial charge in [-0.3, -0.25) is 0 Å². The number of aromatic nitrogens is 6. The molecule has 13 aromatic rings. The molecule has 6 heteroatoms. The minimum absolute atomic E-state index is 0.683. The average molecular weight is 793 g/mol. The maximum atomic E-state index is 5.25. The molecule has 9 aromatic carbocycles. The first-order valence-electron chi connectivity index (χ1n) is 21.0. The van der Waals surface area contributed by atoms with Crippen LogP contribution >= 0.6 is 0 Å². The Labute approximate surface area is 356 Å². The smallest absolute Gasteiger partial charge is 0.182 e. The first kappa shape index (κ1) is 34.4. The molecule has 4 aromatic heterocycles. The molecule has 4 heterocycles. The van der Waals surface area contributed by atoms with Crippen LogP contribution in [0.15, 0.2) is 218 Å². The van der Waals surface area contributed by atoms with Gasteiger partial charge in [0, 0.05) is 49.1 Å². The lowest BCUT2D eigenvalue weighted by Gasteiger charge is -2.17. The molecule has 0 unspecified atom stereocenters. The van der Waals surface area contributed by atoms with Crippen LogP contribution in [0, 0.1) is 0 Å². The maximum Gasteiger partial charge on any atom is 0.182 e. The van der Waals surface area contributed by atoms with Crippen LogP contribution in [0.2, 0.25) is 0 Å². The number of fused-ring (bicyclic) bond motifs is 10. The van der Waals surface area contributed by atoms with Crippen LogP contribution in [-0.4, -0.2) is 28.5 Å². The van der Waals surface area contributed by atoms with Gasteiger partial charge in [-0.15, -0.1) is 5.10 Å². The van der Waals surface area contributed by atoms with Crippen LogP contribution in [0.1, 0.15) is 0 Å². The van der Waals surface area contributed by atoms with Gasteiger partial charge in [0.25, 0.3) is 0 Å². The maximum absolute atomic E-state index is 5.25. The number of hydrogen-bond donors (Lipinski definition) is 0. The third-order valence-corrected chi connectivity index (χ3v) is 12.4. The minimum atomic E-state index is 0.683. The molecular weight excluding hydrogens is 757 g/mol. The van der Waals surface area contributed by atoms with Crippen molar-refractivity contribution >= 4 is 65.4 Å². The van der Waals surface area contributed by atoms with Crippen LogP contribution in [0.5, 0.6) is 0 Å². The summed E-state index contributed by atoms with van der Waals surface area (Å²) >= 11 is 0. The van der Waals surface area contributed by atoms with Gasteiger partial charge in [-0.2, -0.15) is 0 Å². The number of rotatable bonds is 6. The average Bonchev–Trinajstić information content (AvgIpc) is 4.11. The lowest BCUT2D eigenvalue weighted by atomic mass is 10.1. The Kier molecular flexibility index (Phi) is 7.50. The van der Waals surface area contributed by atoms with E-state index >= 15 is 0 Å². The SMILES string of the molecule is c1ccc(-c2nc(-c3ccccc3)n(-c3cccc4c3c3ccccc3n4-c3ccccc3-n3c4ccccc4c4c3ccc3c5ccccc5n(-c5ccccc5)c34)n2)cc1. The van der Waals surface area contributed by atoms with Crippen molar-refractivity contribution in [2.75, 3.05) is 0 Å². The molecule has 62 heavy (non-hydrogen) atoms. The third kappa shape index (κ3) is 4.98. The molecule has 0 atom stereocenters. The van der Waals surface area contributed by atoms with Crippen molar-refractivity contribution in [2.24, 2.45) is 0 Å². The summed E-state index contributed by atoms with van der Waals surface area (Å²) in [6.45, 7) is 0. The van der Waals surface area contributed by atoms with E-state index in [-0.39, 0.29) is 0 Å². The molecular formula is C56H36N6. The van der Waals surface area contributed by atoms with Crippen molar-refractivity contribution < 1.29 is 0 Å². The summed E-state index contributed by atoms with van der Waals surface area (Å²) < 4.78 is 9.38. The second-order valence-corrected chi connectivity index (χ2v) is 15.8. The molecule has 6 nitrogen and oxygen atoms in total. The molecule has 0 fully saturated rings. The van der Waals surface area contributed by atoms with E-state index < -0.39 is 0 Å². The van der Waals surface area contributed by atoms with Crippen LogP contribution in [-0.2, 0) is 0 Å². The van der Waals surface area contributed by atoms with Gasteiger partial charge < -0.3 is 13.7 Å². The van der Waals surface area contributed by atoms with Gasteiger partial charge in [-0.25, -0.2) is 9.67 Å².